The Hall–Kier alpha value is -2.31. The standard InChI is InChI=1S/C22H28N4O2/c1-16-10-23-12-19(25-16)14-26-8-7-20-18(13-26)15-28-21(20)9-22(27)24-11-17-5-3-2-4-6-17/h2-6,10,12,18,20-21H,7-9,11,13-15H2,1H3,(H,24,27)/t18-,20-,21+/m1/s1. The van der Waals surface area contributed by atoms with Crippen molar-refractivity contribution in [1.82, 2.24) is 20.2 Å². The van der Waals surface area contributed by atoms with Crippen LogP contribution in [0.4, 0.5) is 0 Å². The van der Waals surface area contributed by atoms with Gasteiger partial charge in [-0.25, -0.2) is 0 Å². The molecule has 2 aliphatic heterocycles. The Balaban J connectivity index is 1.25. The first kappa shape index (κ1) is 19.0. The van der Waals surface area contributed by atoms with Gasteiger partial charge in [0, 0.05) is 37.9 Å². The van der Waals surface area contributed by atoms with Crippen molar-refractivity contribution in [2.45, 2.75) is 39.0 Å². The van der Waals surface area contributed by atoms with Gasteiger partial charge in [-0.05, 0) is 31.4 Å². The number of aromatic nitrogens is 2. The van der Waals surface area contributed by atoms with E-state index in [1.807, 2.05) is 43.5 Å². The zero-order chi connectivity index (χ0) is 19.3. The van der Waals surface area contributed by atoms with E-state index < -0.39 is 0 Å². The molecular weight excluding hydrogens is 352 g/mol. The Kier molecular flexibility index (Phi) is 5.98. The molecule has 6 nitrogen and oxygen atoms in total. The van der Waals surface area contributed by atoms with Gasteiger partial charge in [0.25, 0.3) is 0 Å². The minimum atomic E-state index is 0.0432. The smallest absolute Gasteiger partial charge is 0.222 e. The van der Waals surface area contributed by atoms with Crippen molar-refractivity contribution in [3.8, 4) is 0 Å². The van der Waals surface area contributed by atoms with Gasteiger partial charge in [-0.3, -0.25) is 19.7 Å². The number of rotatable bonds is 6. The summed E-state index contributed by atoms with van der Waals surface area (Å²) in [4.78, 5) is 23.6. The normalized spacial score (nSPS) is 24.7. The molecule has 0 radical (unpaired) electrons. The average Bonchev–Trinajstić information content (AvgIpc) is 3.09. The van der Waals surface area contributed by atoms with Crippen molar-refractivity contribution in [1.29, 1.82) is 0 Å². The minimum absolute atomic E-state index is 0.0432. The molecule has 3 heterocycles. The molecule has 2 aliphatic rings. The molecule has 0 saturated carbocycles. The van der Waals surface area contributed by atoms with Crippen LogP contribution < -0.4 is 5.32 Å². The number of carbonyl (C=O) groups is 1. The highest BCUT2D eigenvalue weighted by Gasteiger charge is 2.41. The van der Waals surface area contributed by atoms with E-state index in [4.69, 9.17) is 4.74 Å². The van der Waals surface area contributed by atoms with Gasteiger partial charge in [0.2, 0.25) is 5.91 Å². The number of carbonyl (C=O) groups excluding carboxylic acids is 1. The molecule has 2 saturated heterocycles. The van der Waals surface area contributed by atoms with Crippen LogP contribution in [0.15, 0.2) is 42.7 Å². The first-order valence-electron chi connectivity index (χ1n) is 10.1. The van der Waals surface area contributed by atoms with E-state index in [9.17, 15) is 4.79 Å². The Bertz CT molecular complexity index is 798. The van der Waals surface area contributed by atoms with Crippen LogP contribution in [-0.2, 0) is 22.6 Å². The van der Waals surface area contributed by atoms with Crippen molar-refractivity contribution >= 4 is 5.91 Å². The number of piperidine rings is 1. The van der Waals surface area contributed by atoms with Crippen LogP contribution in [0.25, 0.3) is 0 Å². The fourth-order valence-electron chi connectivity index (χ4n) is 4.39. The minimum Gasteiger partial charge on any atom is -0.377 e. The third-order valence-electron chi connectivity index (χ3n) is 5.79. The molecule has 1 N–H and O–H groups in total. The number of hydrogen-bond acceptors (Lipinski definition) is 5. The summed E-state index contributed by atoms with van der Waals surface area (Å²) in [6.07, 6.45) is 5.21. The summed E-state index contributed by atoms with van der Waals surface area (Å²) in [7, 11) is 0. The van der Waals surface area contributed by atoms with E-state index in [1.165, 1.54) is 0 Å². The fraction of sp³-hybridized carbons (Fsp3) is 0.500. The molecule has 3 atom stereocenters. The molecule has 0 unspecified atom stereocenters. The number of ether oxygens (including phenoxy) is 1. The van der Waals surface area contributed by atoms with Gasteiger partial charge in [-0.15, -0.1) is 0 Å². The Morgan fingerprint density at radius 3 is 2.96 bits per heavy atom. The molecule has 0 spiro atoms. The fourth-order valence-corrected chi connectivity index (χ4v) is 4.39. The lowest BCUT2D eigenvalue weighted by Gasteiger charge is -2.35. The molecule has 148 valence electrons. The summed E-state index contributed by atoms with van der Waals surface area (Å²) < 4.78 is 6.02. The molecule has 1 aromatic carbocycles. The molecule has 2 fully saturated rings. The topological polar surface area (TPSA) is 67.4 Å². The molecule has 6 heteroatoms. The summed E-state index contributed by atoms with van der Waals surface area (Å²) in [5.41, 5.74) is 3.10. The number of amides is 1. The summed E-state index contributed by atoms with van der Waals surface area (Å²) in [6.45, 7) is 6.15. The first-order chi connectivity index (χ1) is 13.7. The van der Waals surface area contributed by atoms with Crippen LogP contribution in [0.2, 0.25) is 0 Å². The largest absolute Gasteiger partial charge is 0.377 e. The Labute approximate surface area is 166 Å². The maximum atomic E-state index is 12.4. The van der Waals surface area contributed by atoms with Crippen molar-refractivity contribution in [3.05, 3.63) is 59.7 Å². The SMILES string of the molecule is Cc1cncc(CN2CC[C@@H]3[C@@H](CO[C@H]3CC(=O)NCc3ccccc3)C2)n1. The predicted octanol–water partition coefficient (Wildman–Crippen LogP) is 2.33. The lowest BCUT2D eigenvalue weighted by Crippen LogP contribution is -2.42. The van der Waals surface area contributed by atoms with Gasteiger partial charge in [0.15, 0.2) is 0 Å². The molecule has 0 bridgehead atoms. The molecule has 28 heavy (non-hydrogen) atoms. The zero-order valence-corrected chi connectivity index (χ0v) is 16.4. The van der Waals surface area contributed by atoms with Crippen LogP contribution in [-0.4, -0.2) is 46.6 Å². The number of aryl methyl sites for hydroxylation is 1. The second-order valence-electron chi connectivity index (χ2n) is 7.94. The van der Waals surface area contributed by atoms with Crippen LogP contribution in [0.1, 0.15) is 29.8 Å². The summed E-state index contributed by atoms with van der Waals surface area (Å²) in [6, 6.07) is 10.0. The number of nitrogens with zero attached hydrogens (tertiary/aromatic N) is 3. The van der Waals surface area contributed by atoms with Gasteiger partial charge in [-0.2, -0.15) is 0 Å². The van der Waals surface area contributed by atoms with Crippen LogP contribution >= 0.6 is 0 Å². The molecule has 1 aromatic heterocycles. The molecular formula is C22H28N4O2. The van der Waals surface area contributed by atoms with E-state index in [-0.39, 0.29) is 12.0 Å². The lowest BCUT2D eigenvalue weighted by atomic mass is 9.83. The van der Waals surface area contributed by atoms with Gasteiger partial charge >= 0.3 is 0 Å². The second kappa shape index (κ2) is 8.80. The third-order valence-corrected chi connectivity index (χ3v) is 5.79. The highest BCUT2D eigenvalue weighted by Crippen LogP contribution is 2.36. The second-order valence-corrected chi connectivity index (χ2v) is 7.94. The highest BCUT2D eigenvalue weighted by atomic mass is 16.5. The van der Waals surface area contributed by atoms with Crippen molar-refractivity contribution in [3.63, 3.8) is 0 Å². The maximum absolute atomic E-state index is 12.4. The number of fused-ring (bicyclic) bond motifs is 1. The van der Waals surface area contributed by atoms with E-state index in [0.717, 1.165) is 49.6 Å². The van der Waals surface area contributed by atoms with E-state index >= 15 is 0 Å². The van der Waals surface area contributed by atoms with Crippen LogP contribution in [0, 0.1) is 18.8 Å². The summed E-state index contributed by atoms with van der Waals surface area (Å²) >= 11 is 0. The zero-order valence-electron chi connectivity index (χ0n) is 16.4. The van der Waals surface area contributed by atoms with Crippen LogP contribution in [0.5, 0.6) is 0 Å². The lowest BCUT2D eigenvalue weighted by molar-refractivity contribution is -0.124. The third kappa shape index (κ3) is 4.75. The van der Waals surface area contributed by atoms with E-state index in [1.54, 1.807) is 6.20 Å². The van der Waals surface area contributed by atoms with Crippen molar-refractivity contribution in [2.75, 3.05) is 19.7 Å². The predicted molar refractivity (Wildman–Crippen MR) is 106 cm³/mol. The average molecular weight is 380 g/mol. The molecule has 0 aliphatic carbocycles. The van der Waals surface area contributed by atoms with Crippen molar-refractivity contribution < 1.29 is 9.53 Å². The Morgan fingerprint density at radius 2 is 2.14 bits per heavy atom. The van der Waals surface area contributed by atoms with E-state index in [2.05, 4.69) is 20.2 Å². The first-order valence-corrected chi connectivity index (χ1v) is 10.1. The van der Waals surface area contributed by atoms with Gasteiger partial charge in [0.05, 0.1) is 30.5 Å². The summed E-state index contributed by atoms with van der Waals surface area (Å²) in [5, 5.41) is 3.02. The van der Waals surface area contributed by atoms with Crippen molar-refractivity contribution in [2.24, 2.45) is 11.8 Å². The maximum Gasteiger partial charge on any atom is 0.222 e. The number of benzene rings is 1. The monoisotopic (exact) mass is 380 g/mol. The van der Waals surface area contributed by atoms with Gasteiger partial charge < -0.3 is 10.1 Å². The van der Waals surface area contributed by atoms with Gasteiger partial charge in [0.1, 0.15) is 0 Å². The number of likely N-dealkylation sites (tertiary alicyclic amines) is 1. The molecule has 4 rings (SSSR count). The quantitative estimate of drug-likeness (QED) is 0.833. The van der Waals surface area contributed by atoms with E-state index in [0.29, 0.717) is 24.8 Å². The summed E-state index contributed by atoms with van der Waals surface area (Å²) in [5.74, 6) is 1.05. The number of hydrogen-bond donors (Lipinski definition) is 1. The number of nitrogens with one attached hydrogen (secondary N) is 1. The van der Waals surface area contributed by atoms with Gasteiger partial charge in [-0.1, -0.05) is 30.3 Å². The highest BCUT2D eigenvalue weighted by molar-refractivity contribution is 5.76. The molecule has 2 aromatic rings. The van der Waals surface area contributed by atoms with Crippen LogP contribution in [0.3, 0.4) is 0 Å². The molecule has 1 amide bonds. The Morgan fingerprint density at radius 1 is 1.29 bits per heavy atom.